The SMILES string of the molecule is CC(=O)N1CCc2c(nc([C@@H]3CCCCN3C(=O)Cc3cccs3)[nH]c2=O)C1. The minimum Gasteiger partial charge on any atom is -0.337 e. The van der Waals surface area contributed by atoms with Crippen molar-refractivity contribution in [3.63, 3.8) is 0 Å². The van der Waals surface area contributed by atoms with Crippen molar-refractivity contribution in [2.45, 2.75) is 51.6 Å². The lowest BCUT2D eigenvalue weighted by Crippen LogP contribution is -2.42. The van der Waals surface area contributed by atoms with Crippen LogP contribution < -0.4 is 5.56 Å². The van der Waals surface area contributed by atoms with Gasteiger partial charge in [-0.05, 0) is 37.1 Å². The normalized spacial score (nSPS) is 19.4. The van der Waals surface area contributed by atoms with E-state index < -0.39 is 0 Å². The summed E-state index contributed by atoms with van der Waals surface area (Å²) in [7, 11) is 0. The summed E-state index contributed by atoms with van der Waals surface area (Å²) in [6.45, 7) is 3.11. The molecule has 0 aliphatic carbocycles. The maximum Gasteiger partial charge on any atom is 0.254 e. The Hall–Kier alpha value is -2.48. The van der Waals surface area contributed by atoms with Crippen molar-refractivity contribution < 1.29 is 9.59 Å². The highest BCUT2D eigenvalue weighted by Gasteiger charge is 2.31. The summed E-state index contributed by atoms with van der Waals surface area (Å²) in [5.41, 5.74) is 1.18. The maximum atomic E-state index is 12.9. The van der Waals surface area contributed by atoms with Gasteiger partial charge in [-0.15, -0.1) is 11.3 Å². The van der Waals surface area contributed by atoms with Crippen LogP contribution in [0.1, 0.15) is 54.2 Å². The molecule has 0 aromatic carbocycles. The molecule has 7 nitrogen and oxygen atoms in total. The first-order valence-corrected chi connectivity index (χ1v) is 10.6. The molecule has 0 unspecified atom stereocenters. The highest BCUT2D eigenvalue weighted by Crippen LogP contribution is 2.30. The van der Waals surface area contributed by atoms with Crippen molar-refractivity contribution in [2.75, 3.05) is 13.1 Å². The van der Waals surface area contributed by atoms with Crippen LogP contribution in [0.2, 0.25) is 0 Å². The molecule has 4 rings (SSSR count). The number of aromatic amines is 1. The number of carbonyl (C=O) groups is 2. The van der Waals surface area contributed by atoms with Gasteiger partial charge in [0.25, 0.3) is 5.56 Å². The van der Waals surface area contributed by atoms with Gasteiger partial charge in [-0.1, -0.05) is 6.07 Å². The molecule has 1 saturated heterocycles. The van der Waals surface area contributed by atoms with E-state index in [-0.39, 0.29) is 23.4 Å². The molecule has 2 aromatic heterocycles. The molecule has 4 heterocycles. The second-order valence-corrected chi connectivity index (χ2v) is 8.45. The van der Waals surface area contributed by atoms with E-state index in [9.17, 15) is 14.4 Å². The van der Waals surface area contributed by atoms with E-state index in [4.69, 9.17) is 4.98 Å². The molecule has 2 amide bonds. The molecular weight excluding hydrogens is 376 g/mol. The molecule has 1 atom stereocenters. The van der Waals surface area contributed by atoms with Crippen molar-refractivity contribution in [1.29, 1.82) is 0 Å². The second-order valence-electron chi connectivity index (χ2n) is 7.42. The molecule has 8 heteroatoms. The van der Waals surface area contributed by atoms with Gasteiger partial charge in [-0.25, -0.2) is 4.98 Å². The first kappa shape index (κ1) is 18.9. The average Bonchev–Trinajstić information content (AvgIpc) is 3.20. The van der Waals surface area contributed by atoms with Crippen LogP contribution in [0.5, 0.6) is 0 Å². The predicted molar refractivity (Wildman–Crippen MR) is 106 cm³/mol. The summed E-state index contributed by atoms with van der Waals surface area (Å²) in [6.07, 6.45) is 3.63. The number of thiophene rings is 1. The number of piperidine rings is 1. The quantitative estimate of drug-likeness (QED) is 0.854. The number of hydrogen-bond acceptors (Lipinski definition) is 5. The van der Waals surface area contributed by atoms with Gasteiger partial charge >= 0.3 is 0 Å². The summed E-state index contributed by atoms with van der Waals surface area (Å²) < 4.78 is 0. The van der Waals surface area contributed by atoms with Crippen LogP contribution in [0.4, 0.5) is 0 Å². The summed E-state index contributed by atoms with van der Waals surface area (Å²) in [5, 5.41) is 1.97. The van der Waals surface area contributed by atoms with Gasteiger partial charge in [-0.2, -0.15) is 0 Å². The molecule has 0 spiro atoms. The molecule has 0 radical (unpaired) electrons. The third kappa shape index (κ3) is 3.73. The van der Waals surface area contributed by atoms with Crippen LogP contribution in [-0.2, 0) is 29.0 Å². The molecular formula is C20H24N4O3S. The van der Waals surface area contributed by atoms with Crippen LogP contribution in [-0.4, -0.2) is 44.7 Å². The van der Waals surface area contributed by atoms with Crippen LogP contribution in [0.15, 0.2) is 22.3 Å². The Kier molecular flexibility index (Phi) is 5.30. The Morgan fingerprint density at radius 1 is 1.32 bits per heavy atom. The second kappa shape index (κ2) is 7.87. The van der Waals surface area contributed by atoms with E-state index in [0.717, 1.165) is 24.1 Å². The number of rotatable bonds is 3. The fourth-order valence-electron chi connectivity index (χ4n) is 4.06. The van der Waals surface area contributed by atoms with Gasteiger partial charge in [0.2, 0.25) is 11.8 Å². The topological polar surface area (TPSA) is 86.4 Å². The molecule has 148 valence electrons. The number of H-pyrrole nitrogens is 1. The molecule has 1 N–H and O–H groups in total. The number of amides is 2. The smallest absolute Gasteiger partial charge is 0.254 e. The van der Waals surface area contributed by atoms with Gasteiger partial charge in [0.1, 0.15) is 5.82 Å². The van der Waals surface area contributed by atoms with E-state index >= 15 is 0 Å². The van der Waals surface area contributed by atoms with Gasteiger partial charge in [0.15, 0.2) is 0 Å². The van der Waals surface area contributed by atoms with E-state index in [1.807, 2.05) is 22.4 Å². The zero-order valence-corrected chi connectivity index (χ0v) is 16.8. The molecule has 1 fully saturated rings. The summed E-state index contributed by atoms with van der Waals surface area (Å²) >= 11 is 1.58. The van der Waals surface area contributed by atoms with Gasteiger partial charge in [0.05, 0.1) is 24.7 Å². The van der Waals surface area contributed by atoms with E-state index in [1.54, 1.807) is 16.2 Å². The monoisotopic (exact) mass is 400 g/mol. The maximum absolute atomic E-state index is 12.9. The average molecular weight is 401 g/mol. The molecule has 2 aliphatic heterocycles. The van der Waals surface area contributed by atoms with Gasteiger partial charge in [0, 0.05) is 30.5 Å². The van der Waals surface area contributed by atoms with Crippen LogP contribution >= 0.6 is 11.3 Å². The third-order valence-electron chi connectivity index (χ3n) is 5.58. The Balaban J connectivity index is 1.62. The highest BCUT2D eigenvalue weighted by molar-refractivity contribution is 7.10. The van der Waals surface area contributed by atoms with Crippen molar-refractivity contribution in [2.24, 2.45) is 0 Å². The van der Waals surface area contributed by atoms with Gasteiger partial charge in [-0.3, -0.25) is 14.4 Å². The zero-order valence-electron chi connectivity index (χ0n) is 15.9. The summed E-state index contributed by atoms with van der Waals surface area (Å²) in [6, 6.07) is 3.70. The fraction of sp³-hybridized carbons (Fsp3) is 0.500. The lowest BCUT2D eigenvalue weighted by Gasteiger charge is -2.36. The molecule has 2 aliphatic rings. The number of aromatic nitrogens is 2. The number of nitrogens with zero attached hydrogens (tertiary/aromatic N) is 3. The number of likely N-dealkylation sites (tertiary alicyclic amines) is 1. The van der Waals surface area contributed by atoms with Crippen LogP contribution in [0.25, 0.3) is 0 Å². The Bertz CT molecular complexity index is 937. The van der Waals surface area contributed by atoms with Crippen molar-refractivity contribution in [1.82, 2.24) is 19.8 Å². The van der Waals surface area contributed by atoms with E-state index in [1.165, 1.54) is 6.92 Å². The summed E-state index contributed by atoms with van der Waals surface area (Å²) in [5.74, 6) is 0.603. The Morgan fingerprint density at radius 3 is 2.93 bits per heavy atom. The minimum absolute atomic E-state index is 0.0142. The molecule has 2 aromatic rings. The third-order valence-corrected chi connectivity index (χ3v) is 6.46. The number of nitrogens with one attached hydrogen (secondary N) is 1. The van der Waals surface area contributed by atoms with E-state index in [0.29, 0.717) is 49.6 Å². The Labute approximate surface area is 167 Å². The number of hydrogen-bond donors (Lipinski definition) is 1. The largest absolute Gasteiger partial charge is 0.337 e. The standard InChI is InChI=1S/C20H24N4O3S/c1-13(25)23-9-7-15-16(12-23)21-19(22-20(15)27)17-6-2-3-8-24(17)18(26)11-14-5-4-10-28-14/h4-5,10,17H,2-3,6-9,11-12H2,1H3,(H,21,22,27)/t17-/m0/s1. The summed E-state index contributed by atoms with van der Waals surface area (Å²) in [4.78, 5) is 49.6. The molecule has 0 saturated carbocycles. The highest BCUT2D eigenvalue weighted by atomic mass is 32.1. The van der Waals surface area contributed by atoms with E-state index in [2.05, 4.69) is 4.98 Å². The first-order valence-electron chi connectivity index (χ1n) is 9.72. The van der Waals surface area contributed by atoms with Crippen molar-refractivity contribution >= 4 is 23.2 Å². The number of fused-ring (bicyclic) bond motifs is 1. The molecule has 28 heavy (non-hydrogen) atoms. The predicted octanol–water partition coefficient (Wildman–Crippen LogP) is 2.03. The zero-order chi connectivity index (χ0) is 19.7. The fourth-order valence-corrected chi connectivity index (χ4v) is 4.76. The van der Waals surface area contributed by atoms with Crippen molar-refractivity contribution in [3.05, 3.63) is 49.8 Å². The number of carbonyl (C=O) groups excluding carboxylic acids is 2. The lowest BCUT2D eigenvalue weighted by molar-refractivity contribution is -0.134. The minimum atomic E-state index is -0.216. The lowest BCUT2D eigenvalue weighted by atomic mass is 9.99. The van der Waals surface area contributed by atoms with Crippen LogP contribution in [0.3, 0.4) is 0 Å². The van der Waals surface area contributed by atoms with Gasteiger partial charge < -0.3 is 14.8 Å². The Morgan fingerprint density at radius 2 is 2.18 bits per heavy atom. The van der Waals surface area contributed by atoms with Crippen LogP contribution in [0, 0.1) is 0 Å². The van der Waals surface area contributed by atoms with Crippen molar-refractivity contribution in [3.8, 4) is 0 Å². The molecule has 0 bridgehead atoms. The first-order chi connectivity index (χ1) is 13.5.